The molecule has 0 aliphatic rings. The monoisotopic (exact) mass is 251 g/mol. The largest absolute Gasteiger partial charge is 0.497 e. The fourth-order valence-electron chi connectivity index (χ4n) is 1.65. The number of carbonyl (C=O) groups excluding carboxylic acids is 1. The van der Waals surface area contributed by atoms with Gasteiger partial charge in [0.05, 0.1) is 12.8 Å². The van der Waals surface area contributed by atoms with Gasteiger partial charge in [-0.2, -0.15) is 0 Å². The number of nitrogens with one attached hydrogen (secondary N) is 1. The zero-order chi connectivity index (χ0) is 13.7. The topological polar surface area (TPSA) is 38.3 Å². The summed E-state index contributed by atoms with van der Waals surface area (Å²) in [6.07, 6.45) is 5.39. The van der Waals surface area contributed by atoms with E-state index >= 15 is 0 Å². The third-order valence-corrected chi connectivity index (χ3v) is 2.68. The van der Waals surface area contributed by atoms with Crippen LogP contribution in [0.3, 0.4) is 0 Å². The Labute approximate surface area is 112 Å². The van der Waals surface area contributed by atoms with Crippen molar-refractivity contribution in [3.63, 3.8) is 0 Å². The third kappa shape index (κ3) is 2.93. The molecule has 0 spiro atoms. The zero-order valence-corrected chi connectivity index (χ0v) is 10.5. The van der Waals surface area contributed by atoms with Crippen LogP contribution in [0.25, 0.3) is 0 Å². The van der Waals surface area contributed by atoms with Crippen LogP contribution in [0.4, 0.5) is 5.69 Å². The number of methoxy groups -OCH3 is 1. The number of hydrogen-bond donors (Lipinski definition) is 1. The Balaban J connectivity index is 2.18. The van der Waals surface area contributed by atoms with E-state index in [1.165, 1.54) is 0 Å². The number of benzene rings is 2. The molecule has 0 heterocycles. The molecule has 0 atom stereocenters. The first-order valence-electron chi connectivity index (χ1n) is 5.75. The van der Waals surface area contributed by atoms with Gasteiger partial charge in [-0.15, -0.1) is 6.42 Å². The summed E-state index contributed by atoms with van der Waals surface area (Å²) >= 11 is 0. The number of hydrogen-bond acceptors (Lipinski definition) is 2. The Morgan fingerprint density at radius 2 is 1.84 bits per heavy atom. The maximum atomic E-state index is 12.1. The lowest BCUT2D eigenvalue weighted by atomic mass is 10.1. The number of amides is 1. The Morgan fingerprint density at radius 1 is 1.16 bits per heavy atom. The zero-order valence-electron chi connectivity index (χ0n) is 10.5. The van der Waals surface area contributed by atoms with Gasteiger partial charge in [0.15, 0.2) is 0 Å². The van der Waals surface area contributed by atoms with Gasteiger partial charge < -0.3 is 10.1 Å². The number of terminal acetylenes is 1. The van der Waals surface area contributed by atoms with Crippen LogP contribution in [-0.4, -0.2) is 13.0 Å². The van der Waals surface area contributed by atoms with E-state index in [0.717, 1.165) is 0 Å². The van der Waals surface area contributed by atoms with E-state index < -0.39 is 0 Å². The first-order chi connectivity index (χ1) is 9.24. The van der Waals surface area contributed by atoms with Gasteiger partial charge in [-0.1, -0.05) is 18.1 Å². The average Bonchev–Trinajstić information content (AvgIpc) is 2.48. The van der Waals surface area contributed by atoms with Crippen molar-refractivity contribution in [2.24, 2.45) is 0 Å². The molecule has 0 unspecified atom stereocenters. The molecule has 0 bridgehead atoms. The summed E-state index contributed by atoms with van der Waals surface area (Å²) in [5.41, 5.74) is 1.84. The third-order valence-electron chi connectivity index (χ3n) is 2.68. The number of ether oxygens (including phenoxy) is 1. The SMILES string of the molecule is C#Cc1ccccc1NC(=O)c1ccc(OC)cc1. The van der Waals surface area contributed by atoms with E-state index in [9.17, 15) is 4.79 Å². The van der Waals surface area contributed by atoms with Gasteiger partial charge in [0.1, 0.15) is 5.75 Å². The molecule has 2 aromatic carbocycles. The highest BCUT2D eigenvalue weighted by molar-refractivity contribution is 6.05. The molecule has 0 aliphatic heterocycles. The summed E-state index contributed by atoms with van der Waals surface area (Å²) < 4.78 is 5.05. The summed E-state index contributed by atoms with van der Waals surface area (Å²) in [7, 11) is 1.58. The number of rotatable bonds is 3. The fraction of sp³-hybridized carbons (Fsp3) is 0.0625. The van der Waals surface area contributed by atoms with Gasteiger partial charge in [0.2, 0.25) is 0 Å². The second kappa shape index (κ2) is 5.74. The lowest BCUT2D eigenvalue weighted by Crippen LogP contribution is -2.12. The van der Waals surface area contributed by atoms with Gasteiger partial charge in [-0.25, -0.2) is 0 Å². The second-order valence-corrected chi connectivity index (χ2v) is 3.87. The average molecular weight is 251 g/mol. The summed E-state index contributed by atoms with van der Waals surface area (Å²) in [6.45, 7) is 0. The van der Waals surface area contributed by atoms with Crippen molar-refractivity contribution in [3.05, 3.63) is 59.7 Å². The first-order valence-corrected chi connectivity index (χ1v) is 5.75. The molecule has 0 fully saturated rings. The van der Waals surface area contributed by atoms with Crippen LogP contribution in [0, 0.1) is 12.3 Å². The van der Waals surface area contributed by atoms with Crippen LogP contribution in [0.2, 0.25) is 0 Å². The van der Waals surface area contributed by atoms with E-state index in [2.05, 4.69) is 11.2 Å². The predicted molar refractivity (Wildman–Crippen MR) is 75.3 cm³/mol. The summed E-state index contributed by atoms with van der Waals surface area (Å²) in [5.74, 6) is 3.04. The van der Waals surface area contributed by atoms with Crippen molar-refractivity contribution in [2.45, 2.75) is 0 Å². The van der Waals surface area contributed by atoms with Crippen LogP contribution >= 0.6 is 0 Å². The van der Waals surface area contributed by atoms with Crippen LogP contribution in [0.5, 0.6) is 5.75 Å². The Bertz CT molecular complexity index is 624. The molecular weight excluding hydrogens is 238 g/mol. The molecule has 0 radical (unpaired) electrons. The van der Waals surface area contributed by atoms with E-state index in [1.807, 2.05) is 12.1 Å². The second-order valence-electron chi connectivity index (χ2n) is 3.87. The molecule has 1 N–H and O–H groups in total. The van der Waals surface area contributed by atoms with Gasteiger partial charge in [-0.3, -0.25) is 4.79 Å². The standard InChI is InChI=1S/C16H13NO2/c1-3-12-6-4-5-7-15(12)17-16(18)13-8-10-14(19-2)11-9-13/h1,4-11H,2H3,(H,17,18). The van der Waals surface area contributed by atoms with Crippen molar-refractivity contribution < 1.29 is 9.53 Å². The van der Waals surface area contributed by atoms with Crippen molar-refractivity contribution in [1.29, 1.82) is 0 Å². The molecule has 0 saturated heterocycles. The van der Waals surface area contributed by atoms with Crippen LogP contribution in [-0.2, 0) is 0 Å². The highest BCUT2D eigenvalue weighted by atomic mass is 16.5. The van der Waals surface area contributed by atoms with Crippen molar-refractivity contribution in [3.8, 4) is 18.1 Å². The van der Waals surface area contributed by atoms with Gasteiger partial charge in [0, 0.05) is 11.1 Å². The maximum Gasteiger partial charge on any atom is 0.255 e. The van der Waals surface area contributed by atoms with E-state index in [-0.39, 0.29) is 5.91 Å². The molecule has 0 saturated carbocycles. The number of anilines is 1. The summed E-state index contributed by atoms with van der Waals surface area (Å²) in [6, 6.07) is 14.1. The van der Waals surface area contributed by atoms with Gasteiger partial charge in [0.25, 0.3) is 5.91 Å². The minimum atomic E-state index is -0.203. The summed E-state index contributed by atoms with van der Waals surface area (Å²) in [4.78, 5) is 12.1. The molecule has 0 aromatic heterocycles. The molecule has 3 nitrogen and oxygen atoms in total. The Kier molecular flexibility index (Phi) is 3.84. The molecule has 94 valence electrons. The number of carbonyl (C=O) groups is 1. The molecule has 2 aromatic rings. The van der Waals surface area contributed by atoms with Gasteiger partial charge >= 0.3 is 0 Å². The fourth-order valence-corrected chi connectivity index (χ4v) is 1.65. The minimum Gasteiger partial charge on any atom is -0.497 e. The smallest absolute Gasteiger partial charge is 0.255 e. The first kappa shape index (κ1) is 12.7. The Hall–Kier alpha value is -2.73. The van der Waals surface area contributed by atoms with Crippen LogP contribution in [0.1, 0.15) is 15.9 Å². The van der Waals surface area contributed by atoms with Crippen LogP contribution in [0.15, 0.2) is 48.5 Å². The number of para-hydroxylation sites is 1. The van der Waals surface area contributed by atoms with Crippen molar-refractivity contribution in [1.82, 2.24) is 0 Å². The van der Waals surface area contributed by atoms with E-state index in [4.69, 9.17) is 11.2 Å². The molecule has 1 amide bonds. The lowest BCUT2D eigenvalue weighted by molar-refractivity contribution is 0.102. The predicted octanol–water partition coefficient (Wildman–Crippen LogP) is 2.93. The highest BCUT2D eigenvalue weighted by Gasteiger charge is 2.07. The van der Waals surface area contributed by atoms with E-state index in [1.54, 1.807) is 43.5 Å². The normalized spacial score (nSPS) is 9.47. The quantitative estimate of drug-likeness (QED) is 0.852. The minimum absolute atomic E-state index is 0.203. The van der Waals surface area contributed by atoms with Gasteiger partial charge in [-0.05, 0) is 36.4 Å². The highest BCUT2D eigenvalue weighted by Crippen LogP contribution is 2.16. The lowest BCUT2D eigenvalue weighted by Gasteiger charge is -2.07. The van der Waals surface area contributed by atoms with Crippen molar-refractivity contribution in [2.75, 3.05) is 12.4 Å². The van der Waals surface area contributed by atoms with Crippen LogP contribution < -0.4 is 10.1 Å². The molecule has 19 heavy (non-hydrogen) atoms. The molecule has 2 rings (SSSR count). The van der Waals surface area contributed by atoms with E-state index in [0.29, 0.717) is 22.6 Å². The summed E-state index contributed by atoms with van der Waals surface area (Å²) in [5, 5.41) is 2.79. The van der Waals surface area contributed by atoms with Crippen molar-refractivity contribution >= 4 is 11.6 Å². The molecular formula is C16H13NO2. The Morgan fingerprint density at radius 3 is 2.47 bits per heavy atom. The maximum absolute atomic E-state index is 12.1. The molecule has 3 heteroatoms. The molecule has 0 aliphatic carbocycles.